The second kappa shape index (κ2) is 7.01. The monoisotopic (exact) mass is 331 g/mol. The molecule has 0 amide bonds. The number of carboxylic acid groups (broad SMARTS) is 1. The number of aromatic carboxylic acids is 1. The summed E-state index contributed by atoms with van der Waals surface area (Å²) in [5.41, 5.74) is 2.31. The van der Waals surface area contributed by atoms with Crippen LogP contribution < -0.4 is 4.90 Å². The third-order valence-electron chi connectivity index (χ3n) is 4.06. The van der Waals surface area contributed by atoms with Gasteiger partial charge in [0.05, 0.1) is 11.3 Å². The largest absolute Gasteiger partial charge is 0.478 e. The van der Waals surface area contributed by atoms with Crippen LogP contribution >= 0.6 is 0 Å². The Kier molecular flexibility index (Phi) is 4.61. The number of nitrogens with zero attached hydrogens (tertiary/aromatic N) is 1. The molecule has 3 aromatic carbocycles. The van der Waals surface area contributed by atoms with Crippen molar-refractivity contribution in [1.82, 2.24) is 0 Å². The van der Waals surface area contributed by atoms with Crippen LogP contribution in [0.15, 0.2) is 78.9 Å². The minimum atomic E-state index is -1.11. The van der Waals surface area contributed by atoms with E-state index in [9.17, 15) is 14.7 Å². The number of rotatable bonds is 5. The molecular formula is C21H17NO3. The van der Waals surface area contributed by atoms with Crippen molar-refractivity contribution in [3.05, 3.63) is 95.6 Å². The van der Waals surface area contributed by atoms with Crippen LogP contribution in [0.4, 0.5) is 11.4 Å². The molecule has 1 N–H and O–H groups in total. The summed E-state index contributed by atoms with van der Waals surface area (Å²) in [7, 11) is 1.88. The molecule has 0 radical (unpaired) electrons. The SMILES string of the molecule is CN(c1ccccc1)c1ccccc1C(=O)c1ccccc1C(=O)O. The highest BCUT2D eigenvalue weighted by Crippen LogP contribution is 2.29. The number of ketones is 1. The van der Waals surface area contributed by atoms with Gasteiger partial charge in [0.15, 0.2) is 5.78 Å². The highest BCUT2D eigenvalue weighted by Gasteiger charge is 2.21. The van der Waals surface area contributed by atoms with E-state index in [0.717, 1.165) is 11.4 Å². The van der Waals surface area contributed by atoms with Gasteiger partial charge in [-0.25, -0.2) is 4.79 Å². The fraction of sp³-hybridized carbons (Fsp3) is 0.0476. The van der Waals surface area contributed by atoms with Crippen molar-refractivity contribution in [2.45, 2.75) is 0 Å². The lowest BCUT2D eigenvalue weighted by Crippen LogP contribution is -2.16. The van der Waals surface area contributed by atoms with Crippen LogP contribution in [0.2, 0.25) is 0 Å². The summed E-state index contributed by atoms with van der Waals surface area (Å²) in [6.45, 7) is 0. The van der Waals surface area contributed by atoms with Gasteiger partial charge < -0.3 is 10.0 Å². The first-order chi connectivity index (χ1) is 12.1. The third-order valence-corrected chi connectivity index (χ3v) is 4.06. The van der Waals surface area contributed by atoms with Crippen molar-refractivity contribution in [2.75, 3.05) is 11.9 Å². The van der Waals surface area contributed by atoms with Crippen LogP contribution in [0.5, 0.6) is 0 Å². The van der Waals surface area contributed by atoms with Crippen molar-refractivity contribution >= 4 is 23.1 Å². The lowest BCUT2D eigenvalue weighted by atomic mass is 9.96. The lowest BCUT2D eigenvalue weighted by molar-refractivity contribution is 0.0693. The minimum absolute atomic E-state index is 0.00432. The maximum absolute atomic E-state index is 13.0. The second-order valence-electron chi connectivity index (χ2n) is 5.59. The molecule has 4 heteroatoms. The van der Waals surface area contributed by atoms with Crippen molar-refractivity contribution in [1.29, 1.82) is 0 Å². The Bertz CT molecular complexity index is 919. The van der Waals surface area contributed by atoms with Crippen molar-refractivity contribution in [3.8, 4) is 0 Å². The number of carbonyl (C=O) groups excluding carboxylic acids is 1. The average molecular weight is 331 g/mol. The molecule has 124 valence electrons. The van der Waals surface area contributed by atoms with Crippen LogP contribution in [0.25, 0.3) is 0 Å². The van der Waals surface area contributed by atoms with Gasteiger partial charge in [0.2, 0.25) is 0 Å². The first-order valence-corrected chi connectivity index (χ1v) is 7.84. The van der Waals surface area contributed by atoms with Crippen molar-refractivity contribution < 1.29 is 14.7 Å². The Morgan fingerprint density at radius 1 is 0.720 bits per heavy atom. The van der Waals surface area contributed by atoms with Gasteiger partial charge in [-0.2, -0.15) is 0 Å². The Morgan fingerprint density at radius 2 is 1.24 bits per heavy atom. The molecule has 0 atom stereocenters. The first-order valence-electron chi connectivity index (χ1n) is 7.84. The molecule has 0 spiro atoms. The summed E-state index contributed by atoms with van der Waals surface area (Å²) in [5, 5.41) is 9.36. The van der Waals surface area contributed by atoms with E-state index in [4.69, 9.17) is 0 Å². The zero-order chi connectivity index (χ0) is 17.8. The fourth-order valence-electron chi connectivity index (χ4n) is 2.76. The predicted molar refractivity (Wildman–Crippen MR) is 97.8 cm³/mol. The van der Waals surface area contributed by atoms with E-state index in [2.05, 4.69) is 0 Å². The minimum Gasteiger partial charge on any atom is -0.478 e. The van der Waals surface area contributed by atoms with Crippen molar-refractivity contribution in [3.63, 3.8) is 0 Å². The van der Waals surface area contributed by atoms with Gasteiger partial charge in [0, 0.05) is 23.9 Å². The molecule has 4 nitrogen and oxygen atoms in total. The second-order valence-corrected chi connectivity index (χ2v) is 5.59. The van der Waals surface area contributed by atoms with E-state index in [1.165, 1.54) is 6.07 Å². The number of para-hydroxylation sites is 2. The van der Waals surface area contributed by atoms with Gasteiger partial charge in [0.25, 0.3) is 0 Å². The molecule has 0 saturated carbocycles. The molecule has 0 fully saturated rings. The van der Waals surface area contributed by atoms with Crippen LogP contribution in [0.3, 0.4) is 0 Å². The molecule has 0 aliphatic carbocycles. The molecule has 3 rings (SSSR count). The molecule has 0 aliphatic rings. The fourth-order valence-corrected chi connectivity index (χ4v) is 2.76. The molecule has 0 unspecified atom stereocenters. The maximum Gasteiger partial charge on any atom is 0.336 e. The number of hydrogen-bond donors (Lipinski definition) is 1. The molecule has 0 saturated heterocycles. The maximum atomic E-state index is 13.0. The van der Waals surface area contributed by atoms with E-state index in [1.54, 1.807) is 30.3 Å². The molecule has 0 bridgehead atoms. The summed E-state index contributed by atoms with van der Waals surface area (Å²) < 4.78 is 0. The molecule has 3 aromatic rings. The van der Waals surface area contributed by atoms with Crippen LogP contribution in [-0.2, 0) is 0 Å². The van der Waals surface area contributed by atoms with Gasteiger partial charge in [-0.3, -0.25) is 4.79 Å². The Hall–Kier alpha value is -3.40. The average Bonchev–Trinajstić information content (AvgIpc) is 2.67. The number of hydrogen-bond acceptors (Lipinski definition) is 3. The summed E-state index contributed by atoms with van der Waals surface area (Å²) in [4.78, 5) is 26.4. The molecule has 0 heterocycles. The zero-order valence-corrected chi connectivity index (χ0v) is 13.7. The standard InChI is InChI=1S/C21H17NO3/c1-22(15-9-3-2-4-10-15)19-14-8-7-13-18(19)20(23)16-11-5-6-12-17(16)21(24)25/h2-14H,1H3,(H,24,25). The summed E-state index contributed by atoms with van der Waals surface area (Å²) in [6.07, 6.45) is 0. The quantitative estimate of drug-likeness (QED) is 0.705. The number of carbonyl (C=O) groups is 2. The summed E-state index contributed by atoms with van der Waals surface area (Å²) in [5.74, 6) is -1.42. The third kappa shape index (κ3) is 3.28. The molecule has 0 aromatic heterocycles. The van der Waals surface area contributed by atoms with Gasteiger partial charge in [-0.05, 0) is 30.3 Å². The van der Waals surface area contributed by atoms with Gasteiger partial charge in [-0.15, -0.1) is 0 Å². The van der Waals surface area contributed by atoms with Crippen LogP contribution in [-0.4, -0.2) is 23.9 Å². The molecule has 25 heavy (non-hydrogen) atoms. The molecular weight excluding hydrogens is 314 g/mol. The Morgan fingerprint density at radius 3 is 1.88 bits per heavy atom. The van der Waals surface area contributed by atoms with Gasteiger partial charge in [-0.1, -0.05) is 48.5 Å². The van der Waals surface area contributed by atoms with Crippen molar-refractivity contribution in [2.24, 2.45) is 0 Å². The highest BCUT2D eigenvalue weighted by molar-refractivity contribution is 6.16. The van der Waals surface area contributed by atoms with Gasteiger partial charge in [0.1, 0.15) is 0 Å². The van der Waals surface area contributed by atoms with E-state index < -0.39 is 5.97 Å². The number of anilines is 2. The van der Waals surface area contributed by atoms with E-state index >= 15 is 0 Å². The Balaban J connectivity index is 2.08. The molecule has 0 aliphatic heterocycles. The predicted octanol–water partition coefficient (Wildman–Crippen LogP) is 4.38. The van der Waals surface area contributed by atoms with E-state index in [0.29, 0.717) is 5.56 Å². The normalized spacial score (nSPS) is 10.3. The van der Waals surface area contributed by atoms with E-state index in [1.807, 2.05) is 54.4 Å². The van der Waals surface area contributed by atoms with E-state index in [-0.39, 0.29) is 16.9 Å². The first kappa shape index (κ1) is 16.5. The summed E-state index contributed by atoms with van der Waals surface area (Å²) in [6, 6.07) is 23.2. The van der Waals surface area contributed by atoms with Crippen LogP contribution in [0.1, 0.15) is 26.3 Å². The topological polar surface area (TPSA) is 57.6 Å². The Labute approximate surface area is 146 Å². The number of benzene rings is 3. The highest BCUT2D eigenvalue weighted by atomic mass is 16.4. The smallest absolute Gasteiger partial charge is 0.336 e. The zero-order valence-electron chi connectivity index (χ0n) is 13.7. The van der Waals surface area contributed by atoms with Gasteiger partial charge >= 0.3 is 5.97 Å². The number of carboxylic acids is 1. The summed E-state index contributed by atoms with van der Waals surface area (Å²) >= 11 is 0. The van der Waals surface area contributed by atoms with Crippen LogP contribution in [0, 0.1) is 0 Å². The lowest BCUT2D eigenvalue weighted by Gasteiger charge is -2.22.